The zero-order chi connectivity index (χ0) is 13.7. The van der Waals surface area contributed by atoms with Crippen molar-refractivity contribution in [1.82, 2.24) is 0 Å². The lowest BCUT2D eigenvalue weighted by atomic mass is 10.2. The molecule has 1 aromatic rings. The number of amides is 1. The number of anilines is 2. The summed E-state index contributed by atoms with van der Waals surface area (Å²) in [6.45, 7) is 5.46. The van der Waals surface area contributed by atoms with E-state index in [1.807, 2.05) is 31.2 Å². The van der Waals surface area contributed by atoms with Crippen molar-refractivity contribution in [1.29, 1.82) is 0 Å². The summed E-state index contributed by atoms with van der Waals surface area (Å²) in [7, 11) is 0. The molecule has 4 nitrogen and oxygen atoms in total. The minimum absolute atomic E-state index is 0.138. The second kappa shape index (κ2) is 6.57. The maximum Gasteiger partial charge on any atom is 0.227 e. The number of benzene rings is 1. The molecule has 4 heteroatoms. The molecule has 104 valence electrons. The normalized spacial score (nSPS) is 15.9. The zero-order valence-corrected chi connectivity index (χ0v) is 11.6. The van der Waals surface area contributed by atoms with Gasteiger partial charge in [0.2, 0.25) is 5.91 Å². The van der Waals surface area contributed by atoms with Crippen LogP contribution in [0, 0.1) is 5.92 Å². The molecule has 0 bridgehead atoms. The molecule has 1 saturated carbocycles. The molecular formula is C15H22N2O2. The first-order valence-electron chi connectivity index (χ1n) is 6.94. The van der Waals surface area contributed by atoms with Crippen molar-refractivity contribution in [2.24, 2.45) is 5.92 Å². The maximum atomic E-state index is 11.7. The Kier molecular flexibility index (Phi) is 4.80. The topological polar surface area (TPSA) is 50.4 Å². The standard InChI is InChI=1S/C15H22N2O2/c1-3-19-10-11(2)16-13-5-4-6-14(9-13)17-15(18)12-7-8-12/h4-6,9,11-12,16H,3,7-8,10H2,1-2H3,(H,17,18). The van der Waals surface area contributed by atoms with Gasteiger partial charge in [0.25, 0.3) is 0 Å². The van der Waals surface area contributed by atoms with E-state index in [0.717, 1.165) is 30.8 Å². The van der Waals surface area contributed by atoms with Gasteiger partial charge in [0.1, 0.15) is 0 Å². The minimum Gasteiger partial charge on any atom is -0.380 e. The molecule has 2 N–H and O–H groups in total. The Bertz CT molecular complexity index is 430. The van der Waals surface area contributed by atoms with E-state index in [1.54, 1.807) is 0 Å². The fourth-order valence-electron chi connectivity index (χ4n) is 1.90. The molecule has 0 heterocycles. The lowest BCUT2D eigenvalue weighted by molar-refractivity contribution is -0.117. The average molecular weight is 262 g/mol. The van der Waals surface area contributed by atoms with E-state index in [1.165, 1.54) is 0 Å². The second-order valence-corrected chi connectivity index (χ2v) is 5.05. The fraction of sp³-hybridized carbons (Fsp3) is 0.533. The van der Waals surface area contributed by atoms with Crippen molar-refractivity contribution in [3.05, 3.63) is 24.3 Å². The highest BCUT2D eigenvalue weighted by molar-refractivity contribution is 5.94. The van der Waals surface area contributed by atoms with Crippen LogP contribution in [-0.4, -0.2) is 25.2 Å². The third-order valence-electron chi connectivity index (χ3n) is 3.06. The van der Waals surface area contributed by atoms with Crippen LogP contribution in [0.25, 0.3) is 0 Å². The molecule has 0 radical (unpaired) electrons. The van der Waals surface area contributed by atoms with Crippen LogP contribution in [-0.2, 0) is 9.53 Å². The van der Waals surface area contributed by atoms with Crippen molar-refractivity contribution in [2.75, 3.05) is 23.8 Å². The third kappa shape index (κ3) is 4.56. The Morgan fingerprint density at radius 3 is 2.84 bits per heavy atom. The summed E-state index contributed by atoms with van der Waals surface area (Å²) < 4.78 is 5.37. The maximum absolute atomic E-state index is 11.7. The highest BCUT2D eigenvalue weighted by atomic mass is 16.5. The molecule has 0 aliphatic heterocycles. The monoisotopic (exact) mass is 262 g/mol. The summed E-state index contributed by atoms with van der Waals surface area (Å²) in [4.78, 5) is 11.7. The van der Waals surface area contributed by atoms with Gasteiger partial charge >= 0.3 is 0 Å². The number of nitrogens with one attached hydrogen (secondary N) is 2. The van der Waals surface area contributed by atoms with Crippen molar-refractivity contribution < 1.29 is 9.53 Å². The lowest BCUT2D eigenvalue weighted by Gasteiger charge is -2.15. The van der Waals surface area contributed by atoms with E-state index >= 15 is 0 Å². The molecule has 2 rings (SSSR count). The Morgan fingerprint density at radius 1 is 1.42 bits per heavy atom. The molecule has 1 atom stereocenters. The van der Waals surface area contributed by atoms with Crippen molar-refractivity contribution in [2.45, 2.75) is 32.7 Å². The van der Waals surface area contributed by atoms with Crippen LogP contribution < -0.4 is 10.6 Å². The molecule has 0 saturated heterocycles. The van der Waals surface area contributed by atoms with Crippen LogP contribution >= 0.6 is 0 Å². The molecule has 0 spiro atoms. The Balaban J connectivity index is 1.88. The van der Waals surface area contributed by atoms with Gasteiger partial charge in [-0.1, -0.05) is 6.07 Å². The summed E-state index contributed by atoms with van der Waals surface area (Å²) in [5.41, 5.74) is 1.85. The molecule has 1 aliphatic rings. The minimum atomic E-state index is 0.138. The van der Waals surface area contributed by atoms with Gasteiger partial charge < -0.3 is 15.4 Å². The van der Waals surface area contributed by atoms with Gasteiger partial charge in [-0.3, -0.25) is 4.79 Å². The van der Waals surface area contributed by atoms with Gasteiger partial charge in [0, 0.05) is 29.9 Å². The molecular weight excluding hydrogens is 240 g/mol. The summed E-state index contributed by atoms with van der Waals surface area (Å²) in [6.07, 6.45) is 2.05. The van der Waals surface area contributed by atoms with E-state index in [2.05, 4.69) is 17.6 Å². The number of rotatable bonds is 7. The lowest BCUT2D eigenvalue weighted by Crippen LogP contribution is -2.21. The van der Waals surface area contributed by atoms with Gasteiger partial charge in [-0.15, -0.1) is 0 Å². The second-order valence-electron chi connectivity index (χ2n) is 5.05. The Labute approximate surface area is 114 Å². The Morgan fingerprint density at radius 2 is 2.16 bits per heavy atom. The van der Waals surface area contributed by atoms with Gasteiger partial charge in [0.05, 0.1) is 6.61 Å². The predicted octanol–water partition coefficient (Wildman–Crippen LogP) is 2.87. The smallest absolute Gasteiger partial charge is 0.227 e. The largest absolute Gasteiger partial charge is 0.380 e. The van der Waals surface area contributed by atoms with E-state index in [9.17, 15) is 4.79 Å². The Hall–Kier alpha value is -1.55. The van der Waals surface area contributed by atoms with Crippen molar-refractivity contribution in [3.63, 3.8) is 0 Å². The fourth-order valence-corrected chi connectivity index (χ4v) is 1.90. The first kappa shape index (κ1) is 13.9. The first-order valence-corrected chi connectivity index (χ1v) is 6.94. The first-order chi connectivity index (χ1) is 9.19. The van der Waals surface area contributed by atoms with Gasteiger partial charge in [-0.25, -0.2) is 0 Å². The number of hydrogen-bond donors (Lipinski definition) is 2. The van der Waals surface area contributed by atoms with E-state index in [0.29, 0.717) is 6.61 Å². The quantitative estimate of drug-likeness (QED) is 0.794. The van der Waals surface area contributed by atoms with Crippen LogP contribution in [0.5, 0.6) is 0 Å². The molecule has 19 heavy (non-hydrogen) atoms. The molecule has 1 aromatic carbocycles. The zero-order valence-electron chi connectivity index (χ0n) is 11.6. The third-order valence-corrected chi connectivity index (χ3v) is 3.06. The van der Waals surface area contributed by atoms with E-state index in [4.69, 9.17) is 4.74 Å². The van der Waals surface area contributed by atoms with Crippen molar-refractivity contribution in [3.8, 4) is 0 Å². The van der Waals surface area contributed by atoms with Crippen LogP contribution in [0.1, 0.15) is 26.7 Å². The number of carbonyl (C=O) groups excluding carboxylic acids is 1. The average Bonchev–Trinajstić information content (AvgIpc) is 3.21. The molecule has 1 unspecified atom stereocenters. The van der Waals surface area contributed by atoms with Gasteiger partial charge in [-0.05, 0) is 44.9 Å². The molecule has 0 aromatic heterocycles. The van der Waals surface area contributed by atoms with Crippen molar-refractivity contribution >= 4 is 17.3 Å². The van der Waals surface area contributed by atoms with Gasteiger partial charge in [0.15, 0.2) is 0 Å². The molecule has 1 aliphatic carbocycles. The number of hydrogen-bond acceptors (Lipinski definition) is 3. The van der Waals surface area contributed by atoms with Crippen LogP contribution in [0.3, 0.4) is 0 Å². The summed E-state index contributed by atoms with van der Waals surface area (Å²) in [6, 6.07) is 8.06. The predicted molar refractivity (Wildman–Crippen MR) is 77.4 cm³/mol. The number of carbonyl (C=O) groups is 1. The number of ether oxygens (including phenoxy) is 1. The van der Waals surface area contributed by atoms with Crippen LogP contribution in [0.4, 0.5) is 11.4 Å². The van der Waals surface area contributed by atoms with E-state index < -0.39 is 0 Å². The van der Waals surface area contributed by atoms with Crippen LogP contribution in [0.2, 0.25) is 0 Å². The summed E-state index contributed by atoms with van der Waals surface area (Å²) >= 11 is 0. The summed E-state index contributed by atoms with van der Waals surface area (Å²) in [5, 5.41) is 6.31. The van der Waals surface area contributed by atoms with E-state index in [-0.39, 0.29) is 17.9 Å². The summed E-state index contributed by atoms with van der Waals surface area (Å²) in [5.74, 6) is 0.369. The highest BCUT2D eigenvalue weighted by Gasteiger charge is 2.29. The molecule has 1 fully saturated rings. The molecule has 1 amide bonds. The van der Waals surface area contributed by atoms with Gasteiger partial charge in [-0.2, -0.15) is 0 Å². The SMILES string of the molecule is CCOCC(C)Nc1cccc(NC(=O)C2CC2)c1. The van der Waals surface area contributed by atoms with Crippen LogP contribution in [0.15, 0.2) is 24.3 Å². The highest BCUT2D eigenvalue weighted by Crippen LogP contribution is 2.30.